The fourth-order valence-electron chi connectivity index (χ4n) is 2.64. The third kappa shape index (κ3) is 3.85. The molecule has 0 aromatic heterocycles. The maximum atomic E-state index is 12.7. The van der Waals surface area contributed by atoms with Crippen LogP contribution in [0.2, 0.25) is 0 Å². The summed E-state index contributed by atoms with van der Waals surface area (Å²) in [5.74, 6) is 0.509. The molecule has 0 bridgehead atoms. The van der Waals surface area contributed by atoms with Gasteiger partial charge in [0, 0.05) is 24.1 Å². The molecule has 1 atom stereocenters. The molecule has 2 aromatic carbocycles. The Balaban J connectivity index is 2.07. The van der Waals surface area contributed by atoms with Gasteiger partial charge in [0.25, 0.3) is 15.2 Å². The Hall–Kier alpha value is -2.32. The number of thiocarbonyl (C=S) groups is 1. The van der Waals surface area contributed by atoms with Gasteiger partial charge in [-0.1, -0.05) is 18.2 Å². The number of hydrogen-bond donors (Lipinski definition) is 2. The number of methoxy groups -OCH3 is 1. The Labute approximate surface area is 152 Å². The summed E-state index contributed by atoms with van der Waals surface area (Å²) in [5, 5.41) is 3.23. The molecule has 0 amide bonds. The molecule has 0 saturated carbocycles. The average molecular weight is 378 g/mol. The van der Waals surface area contributed by atoms with Gasteiger partial charge >= 0.3 is 0 Å². The fourth-order valence-corrected chi connectivity index (χ4v) is 4.02. The SMILES string of the molecule is COc1cc2c(c(NS(=O)(=O)c3ccccc3)c1)CC(C)OC(=S)N2. The van der Waals surface area contributed by atoms with Gasteiger partial charge in [-0.3, -0.25) is 4.72 Å². The van der Waals surface area contributed by atoms with Crippen molar-refractivity contribution in [2.75, 3.05) is 17.1 Å². The summed E-state index contributed by atoms with van der Waals surface area (Å²) in [6, 6.07) is 11.6. The van der Waals surface area contributed by atoms with Gasteiger partial charge in [0.2, 0.25) is 0 Å². The van der Waals surface area contributed by atoms with E-state index in [0.29, 0.717) is 23.5 Å². The van der Waals surface area contributed by atoms with Crippen LogP contribution in [0.25, 0.3) is 0 Å². The highest BCUT2D eigenvalue weighted by Gasteiger charge is 2.24. The van der Waals surface area contributed by atoms with Gasteiger partial charge in [0.1, 0.15) is 11.9 Å². The summed E-state index contributed by atoms with van der Waals surface area (Å²) in [5.41, 5.74) is 1.87. The molecule has 2 N–H and O–H groups in total. The minimum atomic E-state index is -3.72. The number of rotatable bonds is 4. The maximum Gasteiger partial charge on any atom is 0.261 e. The molecule has 0 saturated heterocycles. The van der Waals surface area contributed by atoms with Gasteiger partial charge in [-0.05, 0) is 31.3 Å². The molecule has 6 nitrogen and oxygen atoms in total. The number of ether oxygens (including phenoxy) is 2. The maximum absolute atomic E-state index is 12.7. The van der Waals surface area contributed by atoms with E-state index in [1.807, 2.05) is 6.92 Å². The predicted octanol–water partition coefficient (Wildman–Crippen LogP) is 3.15. The van der Waals surface area contributed by atoms with Gasteiger partial charge in [0.05, 0.1) is 23.4 Å². The molecule has 25 heavy (non-hydrogen) atoms. The van der Waals surface area contributed by atoms with E-state index < -0.39 is 10.0 Å². The van der Waals surface area contributed by atoms with Gasteiger partial charge < -0.3 is 14.8 Å². The first-order valence-corrected chi connectivity index (χ1v) is 9.54. The van der Waals surface area contributed by atoms with Crippen LogP contribution in [0.15, 0.2) is 47.4 Å². The van der Waals surface area contributed by atoms with Crippen LogP contribution in [0.5, 0.6) is 5.75 Å². The Morgan fingerprint density at radius 1 is 1.28 bits per heavy atom. The molecule has 0 fully saturated rings. The second-order valence-corrected chi connectivity index (χ2v) is 7.72. The van der Waals surface area contributed by atoms with Crippen LogP contribution in [0.1, 0.15) is 12.5 Å². The predicted molar refractivity (Wildman–Crippen MR) is 101 cm³/mol. The third-order valence-electron chi connectivity index (χ3n) is 3.79. The Morgan fingerprint density at radius 3 is 2.68 bits per heavy atom. The van der Waals surface area contributed by atoms with Crippen molar-refractivity contribution in [3.8, 4) is 5.75 Å². The van der Waals surface area contributed by atoms with E-state index in [4.69, 9.17) is 21.7 Å². The average Bonchev–Trinajstić information content (AvgIpc) is 2.72. The van der Waals surface area contributed by atoms with Crippen LogP contribution < -0.4 is 14.8 Å². The summed E-state index contributed by atoms with van der Waals surface area (Å²) in [6.07, 6.45) is 0.314. The van der Waals surface area contributed by atoms with Crippen molar-refractivity contribution in [3.63, 3.8) is 0 Å². The highest BCUT2D eigenvalue weighted by atomic mass is 32.2. The first-order chi connectivity index (χ1) is 11.9. The molecule has 0 aliphatic carbocycles. The van der Waals surface area contributed by atoms with Crippen LogP contribution in [-0.2, 0) is 21.2 Å². The minimum absolute atomic E-state index is 0.186. The highest BCUT2D eigenvalue weighted by molar-refractivity contribution is 7.92. The second kappa shape index (κ2) is 6.89. The lowest BCUT2D eigenvalue weighted by molar-refractivity contribution is 0.217. The lowest BCUT2D eigenvalue weighted by Crippen LogP contribution is -2.17. The monoisotopic (exact) mass is 378 g/mol. The van der Waals surface area contributed by atoms with Crippen molar-refractivity contribution in [3.05, 3.63) is 48.0 Å². The molecule has 8 heteroatoms. The molecule has 1 aliphatic rings. The summed E-state index contributed by atoms with van der Waals surface area (Å²) in [4.78, 5) is 0.188. The number of nitrogens with one attached hydrogen (secondary N) is 2. The molecular formula is C17H18N2O4S2. The van der Waals surface area contributed by atoms with E-state index >= 15 is 0 Å². The van der Waals surface area contributed by atoms with Crippen molar-refractivity contribution < 1.29 is 17.9 Å². The summed E-state index contributed by atoms with van der Waals surface area (Å²) >= 11 is 5.14. The van der Waals surface area contributed by atoms with Crippen LogP contribution in [-0.4, -0.2) is 26.8 Å². The van der Waals surface area contributed by atoms with E-state index in [1.54, 1.807) is 42.5 Å². The number of benzene rings is 2. The molecule has 0 spiro atoms. The van der Waals surface area contributed by atoms with E-state index in [0.717, 1.165) is 5.56 Å². The number of fused-ring (bicyclic) bond motifs is 1. The van der Waals surface area contributed by atoms with Gasteiger partial charge in [-0.25, -0.2) is 8.42 Å². The molecule has 132 valence electrons. The standard InChI is InChI=1S/C17H18N2O4S2/c1-11-8-14-15(18-17(24)23-11)9-12(22-2)10-16(14)19-25(20,21)13-6-4-3-5-7-13/h3-7,9-11,19H,8H2,1-2H3,(H,18,24). The Bertz CT molecular complexity index is 898. The first-order valence-electron chi connectivity index (χ1n) is 7.65. The Morgan fingerprint density at radius 2 is 2.00 bits per heavy atom. The van der Waals surface area contributed by atoms with Crippen molar-refractivity contribution in [1.82, 2.24) is 0 Å². The highest BCUT2D eigenvalue weighted by Crippen LogP contribution is 2.35. The minimum Gasteiger partial charge on any atom is -0.497 e. The number of sulfonamides is 1. The first kappa shape index (κ1) is 17.5. The smallest absolute Gasteiger partial charge is 0.261 e. The quantitative estimate of drug-likeness (QED) is 0.796. The molecule has 3 rings (SSSR count). The van der Waals surface area contributed by atoms with E-state index in [9.17, 15) is 8.42 Å². The number of hydrogen-bond acceptors (Lipinski definition) is 5. The van der Waals surface area contributed by atoms with Crippen LogP contribution in [0.4, 0.5) is 11.4 Å². The topological polar surface area (TPSA) is 76.7 Å². The molecule has 0 radical (unpaired) electrons. The van der Waals surface area contributed by atoms with E-state index in [2.05, 4.69) is 10.0 Å². The fraction of sp³-hybridized carbons (Fsp3) is 0.235. The number of anilines is 2. The lowest BCUT2D eigenvalue weighted by atomic mass is 10.0. The molecular weight excluding hydrogens is 360 g/mol. The zero-order valence-electron chi connectivity index (χ0n) is 13.8. The Kier molecular flexibility index (Phi) is 4.82. The van der Waals surface area contributed by atoms with Gasteiger partial charge in [0.15, 0.2) is 0 Å². The van der Waals surface area contributed by atoms with E-state index in [-0.39, 0.29) is 16.2 Å². The van der Waals surface area contributed by atoms with E-state index in [1.165, 1.54) is 7.11 Å². The van der Waals surface area contributed by atoms with Crippen LogP contribution in [0, 0.1) is 0 Å². The summed E-state index contributed by atoms with van der Waals surface area (Å²) < 4.78 is 38.9. The largest absolute Gasteiger partial charge is 0.497 e. The second-order valence-electron chi connectivity index (χ2n) is 5.66. The zero-order chi connectivity index (χ0) is 18.0. The molecule has 1 unspecified atom stereocenters. The van der Waals surface area contributed by atoms with Crippen LogP contribution >= 0.6 is 12.2 Å². The van der Waals surface area contributed by atoms with Gasteiger partial charge in [-0.15, -0.1) is 0 Å². The zero-order valence-corrected chi connectivity index (χ0v) is 15.4. The molecule has 1 aliphatic heterocycles. The van der Waals surface area contributed by atoms with Crippen molar-refractivity contribution in [1.29, 1.82) is 0 Å². The van der Waals surface area contributed by atoms with Crippen LogP contribution in [0.3, 0.4) is 0 Å². The lowest BCUT2D eigenvalue weighted by Gasteiger charge is -2.17. The normalized spacial score (nSPS) is 16.9. The molecule has 2 aromatic rings. The van der Waals surface area contributed by atoms with Gasteiger partial charge in [-0.2, -0.15) is 0 Å². The van der Waals surface area contributed by atoms with Crippen molar-refractivity contribution in [2.24, 2.45) is 0 Å². The van der Waals surface area contributed by atoms with Crippen molar-refractivity contribution >= 4 is 38.8 Å². The third-order valence-corrected chi connectivity index (χ3v) is 5.37. The van der Waals surface area contributed by atoms with Crippen molar-refractivity contribution in [2.45, 2.75) is 24.3 Å². The molecule has 1 heterocycles. The summed E-state index contributed by atoms with van der Waals surface area (Å²) in [6.45, 7) is 1.88. The summed E-state index contributed by atoms with van der Waals surface area (Å²) in [7, 11) is -2.20.